The van der Waals surface area contributed by atoms with Crippen LogP contribution in [0.15, 0.2) is 60.7 Å². The highest BCUT2D eigenvalue weighted by Crippen LogP contribution is 2.40. The molecule has 2 N–H and O–H groups in total. The fourth-order valence-corrected chi connectivity index (χ4v) is 4.41. The van der Waals surface area contributed by atoms with Gasteiger partial charge in [-0.15, -0.1) is 0 Å². The average Bonchev–Trinajstić information content (AvgIpc) is 3.04. The number of hydrogen-bond donors (Lipinski definition) is 1. The van der Waals surface area contributed by atoms with Crippen LogP contribution in [-0.4, -0.2) is 55.5 Å². The molecule has 0 saturated carbocycles. The molecule has 0 radical (unpaired) electrons. The molecule has 2 atom stereocenters. The summed E-state index contributed by atoms with van der Waals surface area (Å²) in [7, 11) is 4.22. The van der Waals surface area contributed by atoms with Crippen LogP contribution >= 0.6 is 0 Å². The molecule has 2 aromatic rings. The Morgan fingerprint density at radius 2 is 1.63 bits per heavy atom. The molecule has 1 aliphatic heterocycles. The van der Waals surface area contributed by atoms with Gasteiger partial charge in [0, 0.05) is 31.5 Å². The van der Waals surface area contributed by atoms with Gasteiger partial charge in [-0.1, -0.05) is 60.7 Å². The quantitative estimate of drug-likeness (QED) is 0.782. The highest BCUT2D eigenvalue weighted by molar-refractivity contribution is 5.74. The SMILES string of the molecule is CN(C)CCN1CCC(CC(N)=O)C1C(c1ccccc1)c1ccccc1. The average molecular weight is 366 g/mol. The fraction of sp³-hybridized carbons (Fsp3) is 0.435. The van der Waals surface area contributed by atoms with Crippen LogP contribution in [0.4, 0.5) is 0 Å². The highest BCUT2D eigenvalue weighted by atomic mass is 16.1. The first kappa shape index (κ1) is 19.6. The van der Waals surface area contributed by atoms with E-state index >= 15 is 0 Å². The van der Waals surface area contributed by atoms with Gasteiger partial charge in [0.15, 0.2) is 0 Å². The summed E-state index contributed by atoms with van der Waals surface area (Å²) in [6, 6.07) is 21.7. The topological polar surface area (TPSA) is 49.6 Å². The van der Waals surface area contributed by atoms with E-state index in [1.165, 1.54) is 11.1 Å². The highest BCUT2D eigenvalue weighted by Gasteiger charge is 2.41. The third-order valence-corrected chi connectivity index (χ3v) is 5.65. The number of nitrogens with zero attached hydrogens (tertiary/aromatic N) is 2. The zero-order chi connectivity index (χ0) is 19.2. The van der Waals surface area contributed by atoms with Crippen molar-refractivity contribution in [2.24, 2.45) is 11.7 Å². The maximum Gasteiger partial charge on any atom is 0.217 e. The summed E-state index contributed by atoms with van der Waals surface area (Å²) in [6.07, 6.45) is 1.48. The molecule has 1 heterocycles. The van der Waals surface area contributed by atoms with Gasteiger partial charge in [-0.3, -0.25) is 9.69 Å². The van der Waals surface area contributed by atoms with Crippen molar-refractivity contribution in [1.29, 1.82) is 0 Å². The lowest BCUT2D eigenvalue weighted by atomic mass is 9.78. The van der Waals surface area contributed by atoms with Gasteiger partial charge in [0.25, 0.3) is 0 Å². The van der Waals surface area contributed by atoms with Crippen LogP contribution in [0.3, 0.4) is 0 Å². The third-order valence-electron chi connectivity index (χ3n) is 5.65. The van der Waals surface area contributed by atoms with Crippen molar-refractivity contribution in [3.05, 3.63) is 71.8 Å². The van der Waals surface area contributed by atoms with E-state index in [9.17, 15) is 4.79 Å². The van der Waals surface area contributed by atoms with Crippen LogP contribution in [0.25, 0.3) is 0 Å². The van der Waals surface area contributed by atoms with Crippen LogP contribution in [-0.2, 0) is 4.79 Å². The minimum Gasteiger partial charge on any atom is -0.370 e. The molecule has 2 aromatic carbocycles. The molecule has 144 valence electrons. The molecule has 0 bridgehead atoms. The normalized spacial score (nSPS) is 20.4. The standard InChI is InChI=1S/C23H31N3O/c1-25(2)15-16-26-14-13-20(17-21(24)27)23(26)22(18-9-5-3-6-10-18)19-11-7-4-8-12-19/h3-12,20,22-23H,13-17H2,1-2H3,(H2,24,27). The first-order valence-corrected chi connectivity index (χ1v) is 9.83. The monoisotopic (exact) mass is 365 g/mol. The number of hydrogen-bond acceptors (Lipinski definition) is 3. The number of benzene rings is 2. The predicted octanol–water partition coefficient (Wildman–Crippen LogP) is 2.95. The van der Waals surface area contributed by atoms with Crippen LogP contribution in [0.1, 0.15) is 29.9 Å². The molecule has 0 spiro atoms. The molecular weight excluding hydrogens is 334 g/mol. The molecular formula is C23H31N3O. The molecule has 2 unspecified atom stereocenters. The van der Waals surface area contributed by atoms with Gasteiger partial charge < -0.3 is 10.6 Å². The summed E-state index contributed by atoms with van der Waals surface area (Å²) in [6.45, 7) is 3.03. The molecule has 1 saturated heterocycles. The van der Waals surface area contributed by atoms with E-state index in [1.807, 2.05) is 0 Å². The van der Waals surface area contributed by atoms with Gasteiger partial charge in [0.05, 0.1) is 0 Å². The van der Waals surface area contributed by atoms with E-state index < -0.39 is 0 Å². The molecule has 27 heavy (non-hydrogen) atoms. The predicted molar refractivity (Wildman–Crippen MR) is 111 cm³/mol. The fourth-order valence-electron chi connectivity index (χ4n) is 4.41. The Bertz CT molecular complexity index is 677. The minimum atomic E-state index is -0.195. The summed E-state index contributed by atoms with van der Waals surface area (Å²) in [5.74, 6) is 0.329. The zero-order valence-electron chi connectivity index (χ0n) is 16.4. The maximum absolute atomic E-state index is 11.8. The van der Waals surface area contributed by atoms with Crippen molar-refractivity contribution in [3.8, 4) is 0 Å². The lowest BCUT2D eigenvalue weighted by Gasteiger charge is -2.36. The second-order valence-corrected chi connectivity index (χ2v) is 7.85. The van der Waals surface area contributed by atoms with Gasteiger partial charge in [0.1, 0.15) is 0 Å². The number of primary amides is 1. The summed E-state index contributed by atoms with van der Waals surface area (Å²) >= 11 is 0. The van der Waals surface area contributed by atoms with Crippen LogP contribution in [0.5, 0.6) is 0 Å². The van der Waals surface area contributed by atoms with E-state index in [0.29, 0.717) is 6.42 Å². The van der Waals surface area contributed by atoms with Crippen molar-refractivity contribution >= 4 is 5.91 Å². The summed E-state index contributed by atoms with van der Waals surface area (Å²) in [5, 5.41) is 0. The smallest absolute Gasteiger partial charge is 0.217 e. The summed E-state index contributed by atoms with van der Waals surface area (Å²) in [4.78, 5) is 16.6. The number of rotatable bonds is 8. The van der Waals surface area contributed by atoms with E-state index in [2.05, 4.69) is 84.6 Å². The molecule has 1 fully saturated rings. The number of likely N-dealkylation sites (tertiary alicyclic amines) is 1. The van der Waals surface area contributed by atoms with Crippen LogP contribution < -0.4 is 5.73 Å². The van der Waals surface area contributed by atoms with Crippen molar-refractivity contribution < 1.29 is 4.79 Å². The van der Waals surface area contributed by atoms with Gasteiger partial charge in [-0.25, -0.2) is 0 Å². The van der Waals surface area contributed by atoms with Crippen molar-refractivity contribution in [2.45, 2.75) is 24.8 Å². The Kier molecular flexibility index (Phi) is 6.64. The first-order chi connectivity index (χ1) is 13.1. The van der Waals surface area contributed by atoms with Gasteiger partial charge in [-0.05, 0) is 44.1 Å². The molecule has 4 nitrogen and oxygen atoms in total. The Hall–Kier alpha value is -2.17. The Morgan fingerprint density at radius 1 is 1.07 bits per heavy atom. The zero-order valence-corrected chi connectivity index (χ0v) is 16.4. The molecule has 3 rings (SSSR count). The molecule has 0 aliphatic carbocycles. The molecule has 0 aromatic heterocycles. The minimum absolute atomic E-state index is 0.195. The van der Waals surface area contributed by atoms with Crippen LogP contribution in [0.2, 0.25) is 0 Å². The second kappa shape index (κ2) is 9.16. The summed E-state index contributed by atoms with van der Waals surface area (Å²) < 4.78 is 0. The summed E-state index contributed by atoms with van der Waals surface area (Å²) in [5.41, 5.74) is 8.22. The Morgan fingerprint density at radius 3 is 2.11 bits per heavy atom. The van der Waals surface area contributed by atoms with E-state index in [-0.39, 0.29) is 23.8 Å². The van der Waals surface area contributed by atoms with Crippen molar-refractivity contribution in [2.75, 3.05) is 33.7 Å². The maximum atomic E-state index is 11.8. The number of nitrogens with two attached hydrogens (primary N) is 1. The number of carbonyl (C=O) groups is 1. The lowest BCUT2D eigenvalue weighted by molar-refractivity contribution is -0.119. The largest absolute Gasteiger partial charge is 0.370 e. The van der Waals surface area contributed by atoms with Gasteiger partial charge >= 0.3 is 0 Å². The first-order valence-electron chi connectivity index (χ1n) is 9.83. The van der Waals surface area contributed by atoms with Gasteiger partial charge in [0.2, 0.25) is 5.91 Å². The van der Waals surface area contributed by atoms with E-state index in [1.54, 1.807) is 0 Å². The van der Waals surface area contributed by atoms with Gasteiger partial charge in [-0.2, -0.15) is 0 Å². The third kappa shape index (κ3) is 4.96. The molecule has 1 amide bonds. The number of amides is 1. The van der Waals surface area contributed by atoms with Crippen molar-refractivity contribution in [1.82, 2.24) is 9.80 Å². The van der Waals surface area contributed by atoms with E-state index in [4.69, 9.17) is 5.73 Å². The van der Waals surface area contributed by atoms with E-state index in [0.717, 1.165) is 26.1 Å². The second-order valence-electron chi connectivity index (χ2n) is 7.85. The van der Waals surface area contributed by atoms with Crippen LogP contribution in [0, 0.1) is 5.92 Å². The molecule has 4 heteroatoms. The molecule has 1 aliphatic rings. The lowest BCUT2D eigenvalue weighted by Crippen LogP contribution is -2.42. The Labute approximate surface area is 163 Å². The number of carbonyl (C=O) groups excluding carboxylic acids is 1. The Balaban J connectivity index is 1.99. The van der Waals surface area contributed by atoms with Crippen molar-refractivity contribution in [3.63, 3.8) is 0 Å². The number of likely N-dealkylation sites (N-methyl/N-ethyl adjacent to an activating group) is 1.